The molecule has 0 bridgehead atoms. The second-order valence-electron chi connectivity index (χ2n) is 8.48. The van der Waals surface area contributed by atoms with Crippen LogP contribution in [0.4, 0.5) is 18.0 Å². The monoisotopic (exact) mass is 379 g/mol. The van der Waals surface area contributed by atoms with Crippen molar-refractivity contribution in [3.63, 3.8) is 0 Å². The summed E-state index contributed by atoms with van der Waals surface area (Å²) in [4.78, 5) is 17.8. The second-order valence-corrected chi connectivity index (χ2v) is 8.48. The summed E-state index contributed by atoms with van der Waals surface area (Å²) >= 11 is 0. The van der Waals surface area contributed by atoms with Crippen molar-refractivity contribution in [2.45, 2.75) is 51.8 Å². The van der Waals surface area contributed by atoms with Crippen LogP contribution >= 0.6 is 0 Å². The molecule has 0 unspecified atom stereocenters. The molecule has 0 radical (unpaired) electrons. The number of ether oxygens (including phenoxy) is 1. The number of amides is 1. The fourth-order valence-corrected chi connectivity index (χ4v) is 3.69. The van der Waals surface area contributed by atoms with Crippen molar-refractivity contribution in [3.05, 3.63) is 0 Å². The highest BCUT2D eigenvalue weighted by molar-refractivity contribution is 5.68. The molecular formula is C18H32F3N3O2. The molecule has 2 heterocycles. The number of piperidine rings is 1. The summed E-state index contributed by atoms with van der Waals surface area (Å²) in [6, 6.07) is 0. The first-order valence-corrected chi connectivity index (χ1v) is 9.51. The van der Waals surface area contributed by atoms with Crippen molar-refractivity contribution in [2.75, 3.05) is 52.4 Å². The Labute approximate surface area is 154 Å². The lowest BCUT2D eigenvalue weighted by molar-refractivity contribution is -0.145. The first-order valence-electron chi connectivity index (χ1n) is 9.51. The van der Waals surface area contributed by atoms with Gasteiger partial charge >= 0.3 is 12.3 Å². The molecule has 5 nitrogen and oxygen atoms in total. The van der Waals surface area contributed by atoms with Gasteiger partial charge in [-0.05, 0) is 59.0 Å². The largest absolute Gasteiger partial charge is 0.444 e. The minimum atomic E-state index is -4.13. The zero-order chi connectivity index (χ0) is 19.4. The molecule has 0 aliphatic carbocycles. The smallest absolute Gasteiger partial charge is 0.410 e. The zero-order valence-electron chi connectivity index (χ0n) is 16.1. The van der Waals surface area contributed by atoms with Crippen molar-refractivity contribution in [3.8, 4) is 0 Å². The van der Waals surface area contributed by atoms with Crippen LogP contribution in [0.3, 0.4) is 0 Å². The van der Waals surface area contributed by atoms with E-state index in [9.17, 15) is 18.0 Å². The highest BCUT2D eigenvalue weighted by Crippen LogP contribution is 2.22. The van der Waals surface area contributed by atoms with Gasteiger partial charge in [0, 0.05) is 32.7 Å². The Balaban J connectivity index is 1.80. The van der Waals surface area contributed by atoms with Crippen LogP contribution in [0.5, 0.6) is 0 Å². The fraction of sp³-hybridized carbons (Fsp3) is 0.944. The van der Waals surface area contributed by atoms with Crippen LogP contribution in [0, 0.1) is 5.92 Å². The van der Waals surface area contributed by atoms with Crippen molar-refractivity contribution in [1.29, 1.82) is 0 Å². The normalized spacial score (nSPS) is 24.4. The third-order valence-corrected chi connectivity index (χ3v) is 4.77. The maximum atomic E-state index is 12.6. The van der Waals surface area contributed by atoms with Gasteiger partial charge in [-0.2, -0.15) is 13.2 Å². The van der Waals surface area contributed by atoms with Crippen molar-refractivity contribution < 1.29 is 22.7 Å². The topological polar surface area (TPSA) is 36.0 Å². The van der Waals surface area contributed by atoms with Gasteiger partial charge in [-0.25, -0.2) is 4.79 Å². The van der Waals surface area contributed by atoms with E-state index in [-0.39, 0.29) is 6.09 Å². The molecule has 1 atom stereocenters. The molecule has 2 aliphatic heterocycles. The lowest BCUT2D eigenvalue weighted by Gasteiger charge is -2.36. The number of carbonyl (C=O) groups is 1. The van der Waals surface area contributed by atoms with Gasteiger partial charge < -0.3 is 14.5 Å². The molecule has 8 heteroatoms. The van der Waals surface area contributed by atoms with Crippen LogP contribution in [0.25, 0.3) is 0 Å². The number of nitrogens with zero attached hydrogens (tertiary/aromatic N) is 3. The lowest BCUT2D eigenvalue weighted by Crippen LogP contribution is -2.46. The minimum absolute atomic E-state index is 0.269. The van der Waals surface area contributed by atoms with Crippen LogP contribution < -0.4 is 0 Å². The molecule has 2 saturated heterocycles. The summed E-state index contributed by atoms with van der Waals surface area (Å²) in [6.45, 7) is 9.37. The van der Waals surface area contributed by atoms with Crippen molar-refractivity contribution in [2.24, 2.45) is 5.92 Å². The van der Waals surface area contributed by atoms with Crippen LogP contribution in [0.15, 0.2) is 0 Å². The summed E-state index contributed by atoms with van der Waals surface area (Å²) in [7, 11) is 0. The SMILES string of the molecule is CC(C)(C)OC(=O)N1CCC[C@@H](CN2CCCN(CC(F)(F)F)CC2)C1. The van der Waals surface area contributed by atoms with Gasteiger partial charge in [0.2, 0.25) is 0 Å². The molecule has 26 heavy (non-hydrogen) atoms. The first-order chi connectivity index (χ1) is 12.0. The molecule has 2 fully saturated rings. The van der Waals surface area contributed by atoms with E-state index in [1.807, 2.05) is 20.8 Å². The van der Waals surface area contributed by atoms with E-state index in [2.05, 4.69) is 4.90 Å². The molecule has 0 aromatic rings. The quantitative estimate of drug-likeness (QED) is 0.755. The maximum absolute atomic E-state index is 12.6. The predicted molar refractivity (Wildman–Crippen MR) is 94.1 cm³/mol. The number of halogens is 3. The zero-order valence-corrected chi connectivity index (χ0v) is 16.1. The average molecular weight is 379 g/mol. The highest BCUT2D eigenvalue weighted by atomic mass is 19.4. The highest BCUT2D eigenvalue weighted by Gasteiger charge is 2.32. The van der Waals surface area contributed by atoms with E-state index in [1.54, 1.807) is 4.90 Å². The van der Waals surface area contributed by atoms with E-state index in [0.29, 0.717) is 38.6 Å². The van der Waals surface area contributed by atoms with Gasteiger partial charge in [-0.1, -0.05) is 0 Å². The van der Waals surface area contributed by atoms with Crippen LogP contribution in [0.1, 0.15) is 40.0 Å². The molecule has 0 aromatic carbocycles. The minimum Gasteiger partial charge on any atom is -0.444 e. The predicted octanol–water partition coefficient (Wildman–Crippen LogP) is 3.20. The van der Waals surface area contributed by atoms with Gasteiger partial charge in [-0.15, -0.1) is 0 Å². The number of hydrogen-bond acceptors (Lipinski definition) is 4. The summed E-state index contributed by atoms with van der Waals surface area (Å²) in [5.41, 5.74) is -0.503. The van der Waals surface area contributed by atoms with E-state index in [0.717, 1.165) is 32.4 Å². The van der Waals surface area contributed by atoms with Gasteiger partial charge in [-0.3, -0.25) is 4.90 Å². The number of carbonyl (C=O) groups excluding carboxylic acids is 1. The molecule has 0 spiro atoms. The van der Waals surface area contributed by atoms with E-state index in [1.165, 1.54) is 4.90 Å². The summed E-state index contributed by atoms with van der Waals surface area (Å²) < 4.78 is 43.2. The second kappa shape index (κ2) is 8.78. The van der Waals surface area contributed by atoms with Gasteiger partial charge in [0.15, 0.2) is 0 Å². The number of hydrogen-bond donors (Lipinski definition) is 0. The Bertz CT molecular complexity index is 466. The van der Waals surface area contributed by atoms with Gasteiger partial charge in [0.05, 0.1) is 6.54 Å². The maximum Gasteiger partial charge on any atom is 0.410 e. The van der Waals surface area contributed by atoms with Gasteiger partial charge in [0.25, 0.3) is 0 Å². The van der Waals surface area contributed by atoms with Crippen LogP contribution in [0.2, 0.25) is 0 Å². The van der Waals surface area contributed by atoms with Crippen LogP contribution in [-0.2, 0) is 4.74 Å². The van der Waals surface area contributed by atoms with E-state index < -0.39 is 18.3 Å². The molecule has 0 saturated carbocycles. The Morgan fingerprint density at radius 2 is 1.65 bits per heavy atom. The average Bonchev–Trinajstić information content (AvgIpc) is 2.69. The van der Waals surface area contributed by atoms with E-state index >= 15 is 0 Å². The number of rotatable bonds is 3. The Morgan fingerprint density at radius 1 is 1.00 bits per heavy atom. The number of alkyl halides is 3. The van der Waals surface area contributed by atoms with E-state index in [4.69, 9.17) is 4.74 Å². The number of likely N-dealkylation sites (tertiary alicyclic amines) is 1. The Hall–Kier alpha value is -1.02. The third-order valence-electron chi connectivity index (χ3n) is 4.77. The molecule has 0 N–H and O–H groups in total. The Kier molecular flexibility index (Phi) is 7.19. The summed E-state index contributed by atoms with van der Waals surface area (Å²) in [6.07, 6.45) is -1.67. The van der Waals surface area contributed by atoms with Crippen molar-refractivity contribution >= 4 is 6.09 Å². The molecule has 0 aromatic heterocycles. The lowest BCUT2D eigenvalue weighted by atomic mass is 9.97. The molecule has 1 amide bonds. The standard InChI is InChI=1S/C18H32F3N3O2/c1-17(2,3)26-16(25)24-9-4-6-15(13-24)12-22-7-5-8-23(11-10-22)14-18(19,20)21/h15H,4-14H2,1-3H3/t15-/m0/s1. The third kappa shape index (κ3) is 7.70. The van der Waals surface area contributed by atoms with Gasteiger partial charge in [0.1, 0.15) is 5.60 Å². The van der Waals surface area contributed by atoms with Crippen LogP contribution in [-0.4, -0.2) is 84.9 Å². The summed E-state index contributed by atoms with van der Waals surface area (Å²) in [5, 5.41) is 0. The first kappa shape index (κ1) is 21.3. The fourth-order valence-electron chi connectivity index (χ4n) is 3.69. The molecular weight excluding hydrogens is 347 g/mol. The molecule has 2 aliphatic rings. The Morgan fingerprint density at radius 3 is 2.31 bits per heavy atom. The summed E-state index contributed by atoms with van der Waals surface area (Å²) in [5.74, 6) is 0.352. The molecule has 152 valence electrons. The molecule has 2 rings (SSSR count). The van der Waals surface area contributed by atoms with Crippen molar-refractivity contribution in [1.82, 2.24) is 14.7 Å².